The molecule has 0 radical (unpaired) electrons. The van der Waals surface area contributed by atoms with Gasteiger partial charge in [0.05, 0.1) is 19.0 Å². The third kappa shape index (κ3) is 9.83. The van der Waals surface area contributed by atoms with Crippen LogP contribution in [0.4, 0.5) is 0 Å². The summed E-state index contributed by atoms with van der Waals surface area (Å²) in [6.45, 7) is 4.36. The second-order valence-corrected chi connectivity index (χ2v) is 7.42. The highest BCUT2D eigenvalue weighted by Crippen LogP contribution is 2.18. The van der Waals surface area contributed by atoms with Crippen LogP contribution < -0.4 is 4.74 Å². The van der Waals surface area contributed by atoms with Crippen LogP contribution >= 0.6 is 0 Å². The Kier molecular flexibility index (Phi) is 11.5. The van der Waals surface area contributed by atoms with Gasteiger partial charge in [-0.3, -0.25) is 4.79 Å². The number of carboxylic acid groups (broad SMARTS) is 1. The van der Waals surface area contributed by atoms with Gasteiger partial charge in [0.2, 0.25) is 0 Å². The Labute approximate surface area is 179 Å². The molecule has 2 aromatic rings. The van der Waals surface area contributed by atoms with Crippen molar-refractivity contribution in [1.82, 2.24) is 9.97 Å². The fourth-order valence-electron chi connectivity index (χ4n) is 3.06. The van der Waals surface area contributed by atoms with Crippen molar-refractivity contribution in [3.8, 4) is 17.1 Å². The van der Waals surface area contributed by atoms with Gasteiger partial charge in [0.15, 0.2) is 11.6 Å². The molecule has 0 aliphatic rings. The summed E-state index contributed by atoms with van der Waals surface area (Å²) in [5.41, 5.74) is 2.26. The van der Waals surface area contributed by atoms with Gasteiger partial charge in [0.25, 0.3) is 0 Å². The molecule has 164 valence electrons. The Hall–Kier alpha value is -2.47. The van der Waals surface area contributed by atoms with Crippen LogP contribution in [0.3, 0.4) is 0 Å². The van der Waals surface area contributed by atoms with E-state index in [1.54, 1.807) is 12.4 Å². The first-order chi connectivity index (χ1) is 14.7. The molecule has 1 aromatic carbocycles. The third-order valence-electron chi connectivity index (χ3n) is 4.75. The maximum absolute atomic E-state index is 10.5. The smallest absolute Gasteiger partial charge is 0.303 e. The van der Waals surface area contributed by atoms with Gasteiger partial charge in [-0.2, -0.15) is 0 Å². The normalized spacial score (nSPS) is 10.8. The van der Waals surface area contributed by atoms with Gasteiger partial charge < -0.3 is 14.6 Å². The summed E-state index contributed by atoms with van der Waals surface area (Å²) < 4.78 is 11.1. The lowest BCUT2D eigenvalue weighted by Crippen LogP contribution is -2.02. The van der Waals surface area contributed by atoms with Crippen molar-refractivity contribution in [1.29, 1.82) is 0 Å². The minimum Gasteiger partial charge on any atom is -0.490 e. The molecule has 0 bridgehead atoms. The Morgan fingerprint density at radius 3 is 2.30 bits per heavy atom. The van der Waals surface area contributed by atoms with Gasteiger partial charge in [0.1, 0.15) is 0 Å². The lowest BCUT2D eigenvalue weighted by molar-refractivity contribution is -0.137. The highest BCUT2D eigenvalue weighted by molar-refractivity contribution is 5.66. The van der Waals surface area contributed by atoms with Gasteiger partial charge >= 0.3 is 5.97 Å². The molecule has 0 fully saturated rings. The number of hydrogen-bond acceptors (Lipinski definition) is 5. The van der Waals surface area contributed by atoms with Crippen LogP contribution in [0.1, 0.15) is 63.9 Å². The number of ether oxygens (including phenoxy) is 2. The van der Waals surface area contributed by atoms with Gasteiger partial charge in [-0.1, -0.05) is 44.0 Å². The van der Waals surface area contributed by atoms with E-state index in [0.29, 0.717) is 18.2 Å². The van der Waals surface area contributed by atoms with E-state index in [9.17, 15) is 4.79 Å². The van der Waals surface area contributed by atoms with E-state index in [1.165, 1.54) is 5.56 Å². The van der Waals surface area contributed by atoms with Gasteiger partial charge in [0, 0.05) is 25.2 Å². The van der Waals surface area contributed by atoms with E-state index < -0.39 is 5.97 Å². The number of unbranched alkanes of at least 4 members (excludes halogenated alkanes) is 4. The van der Waals surface area contributed by atoms with E-state index >= 15 is 0 Å². The van der Waals surface area contributed by atoms with Crippen LogP contribution in [-0.2, 0) is 16.0 Å². The zero-order chi connectivity index (χ0) is 21.4. The number of nitrogens with zero attached hydrogens (tertiary/aromatic N) is 2. The van der Waals surface area contributed by atoms with Crippen molar-refractivity contribution in [2.75, 3.05) is 19.8 Å². The minimum atomic E-state index is -0.708. The Morgan fingerprint density at radius 2 is 1.60 bits per heavy atom. The fraction of sp³-hybridized carbons (Fsp3) is 0.542. The lowest BCUT2D eigenvalue weighted by Gasteiger charge is -2.07. The summed E-state index contributed by atoms with van der Waals surface area (Å²) in [6, 6.07) is 8.32. The number of benzene rings is 1. The molecular formula is C24H34N2O4. The van der Waals surface area contributed by atoms with Gasteiger partial charge in [-0.05, 0) is 44.1 Å². The number of carbonyl (C=O) groups is 1. The molecule has 6 heteroatoms. The fourth-order valence-corrected chi connectivity index (χ4v) is 3.06. The van der Waals surface area contributed by atoms with Crippen molar-refractivity contribution in [3.05, 3.63) is 42.2 Å². The van der Waals surface area contributed by atoms with Gasteiger partial charge in [-0.25, -0.2) is 9.97 Å². The SMILES string of the molecule is CCCOCCCCOc1cnc(-c2ccc(CCCCCCC(=O)O)cc2)nc1. The predicted octanol–water partition coefficient (Wildman–Crippen LogP) is 5.31. The number of aromatic nitrogens is 2. The zero-order valence-corrected chi connectivity index (χ0v) is 18.0. The predicted molar refractivity (Wildman–Crippen MR) is 118 cm³/mol. The molecule has 0 aliphatic heterocycles. The highest BCUT2D eigenvalue weighted by atomic mass is 16.5. The number of rotatable bonds is 16. The molecule has 0 saturated carbocycles. The average molecular weight is 415 g/mol. The van der Waals surface area contributed by atoms with Gasteiger partial charge in [-0.15, -0.1) is 0 Å². The lowest BCUT2D eigenvalue weighted by atomic mass is 10.0. The largest absolute Gasteiger partial charge is 0.490 e. The number of carboxylic acids is 1. The van der Waals surface area contributed by atoms with Crippen LogP contribution in [0.25, 0.3) is 11.4 Å². The third-order valence-corrected chi connectivity index (χ3v) is 4.75. The maximum Gasteiger partial charge on any atom is 0.303 e. The van der Waals surface area contributed by atoms with Crippen molar-refractivity contribution >= 4 is 5.97 Å². The highest BCUT2D eigenvalue weighted by Gasteiger charge is 2.03. The summed E-state index contributed by atoms with van der Waals surface area (Å²) >= 11 is 0. The Bertz CT molecular complexity index is 717. The van der Waals surface area contributed by atoms with E-state index in [1.807, 2.05) is 12.1 Å². The van der Waals surface area contributed by atoms with Crippen molar-refractivity contribution in [2.45, 2.75) is 64.7 Å². The Morgan fingerprint density at radius 1 is 0.900 bits per heavy atom. The van der Waals surface area contributed by atoms with Crippen LogP contribution in [0.2, 0.25) is 0 Å². The van der Waals surface area contributed by atoms with Crippen LogP contribution in [-0.4, -0.2) is 40.9 Å². The first kappa shape index (κ1) is 23.8. The summed E-state index contributed by atoms with van der Waals surface area (Å²) in [4.78, 5) is 19.3. The molecule has 1 aromatic heterocycles. The first-order valence-electron chi connectivity index (χ1n) is 11.0. The zero-order valence-electron chi connectivity index (χ0n) is 18.0. The monoisotopic (exact) mass is 414 g/mol. The molecular weight excluding hydrogens is 380 g/mol. The maximum atomic E-state index is 10.5. The summed E-state index contributed by atoms with van der Waals surface area (Å²) in [5, 5.41) is 8.64. The molecule has 0 amide bonds. The van der Waals surface area contributed by atoms with E-state index in [2.05, 4.69) is 29.0 Å². The average Bonchev–Trinajstić information content (AvgIpc) is 2.76. The first-order valence-corrected chi connectivity index (χ1v) is 11.0. The topological polar surface area (TPSA) is 81.5 Å². The van der Waals surface area contributed by atoms with E-state index in [0.717, 1.165) is 70.1 Å². The van der Waals surface area contributed by atoms with Crippen molar-refractivity contribution in [3.63, 3.8) is 0 Å². The molecule has 30 heavy (non-hydrogen) atoms. The van der Waals surface area contributed by atoms with Crippen LogP contribution in [0, 0.1) is 0 Å². The number of aryl methyl sites for hydroxylation is 1. The standard InChI is InChI=1S/C24H34N2O4/c1-2-15-29-16-7-8-17-30-22-18-25-24(26-19-22)21-13-11-20(12-14-21)9-5-3-4-6-10-23(27)28/h11-14,18-19H,2-10,15-17H2,1H3,(H,27,28). The molecule has 0 spiro atoms. The molecule has 0 saturated heterocycles. The molecule has 0 unspecified atom stereocenters. The minimum absolute atomic E-state index is 0.270. The quantitative estimate of drug-likeness (QED) is 0.375. The van der Waals surface area contributed by atoms with Crippen molar-refractivity contribution in [2.24, 2.45) is 0 Å². The second-order valence-electron chi connectivity index (χ2n) is 7.42. The molecule has 1 N–H and O–H groups in total. The summed E-state index contributed by atoms with van der Waals surface area (Å²) in [5.74, 6) is 0.670. The van der Waals surface area contributed by atoms with Crippen LogP contribution in [0.5, 0.6) is 5.75 Å². The van der Waals surface area contributed by atoms with Crippen molar-refractivity contribution < 1.29 is 19.4 Å². The molecule has 0 aliphatic carbocycles. The molecule has 2 rings (SSSR count). The number of hydrogen-bond donors (Lipinski definition) is 1. The molecule has 0 atom stereocenters. The second kappa shape index (κ2) is 14.5. The molecule has 6 nitrogen and oxygen atoms in total. The van der Waals surface area contributed by atoms with Crippen LogP contribution in [0.15, 0.2) is 36.7 Å². The summed E-state index contributed by atoms with van der Waals surface area (Å²) in [6.07, 6.45) is 11.6. The van der Waals surface area contributed by atoms with E-state index in [4.69, 9.17) is 14.6 Å². The van der Waals surface area contributed by atoms with E-state index in [-0.39, 0.29) is 6.42 Å². The number of aliphatic carboxylic acids is 1. The Balaban J connectivity index is 1.67. The molecule has 1 heterocycles. The summed E-state index contributed by atoms with van der Waals surface area (Å²) in [7, 11) is 0.